The zero-order valence-electron chi connectivity index (χ0n) is 11.3. The van der Waals surface area contributed by atoms with Gasteiger partial charge in [-0.15, -0.1) is 0 Å². The third kappa shape index (κ3) is 3.53. The third-order valence-electron chi connectivity index (χ3n) is 2.79. The van der Waals surface area contributed by atoms with E-state index in [1.54, 1.807) is 19.2 Å². The van der Waals surface area contributed by atoms with Crippen LogP contribution in [0.4, 0.5) is 23.0 Å². The molecule has 0 unspecified atom stereocenters. The molecule has 1 heterocycles. The summed E-state index contributed by atoms with van der Waals surface area (Å²) in [5.74, 6) is 0.677. The second-order valence-corrected chi connectivity index (χ2v) is 5.12. The predicted octanol–water partition coefficient (Wildman–Crippen LogP) is 4.39. The molecule has 0 amide bonds. The molecule has 0 bridgehead atoms. The Morgan fingerprint density at radius 2 is 1.81 bits per heavy atom. The van der Waals surface area contributed by atoms with Crippen LogP contribution in [0.25, 0.3) is 0 Å². The van der Waals surface area contributed by atoms with E-state index in [1.807, 2.05) is 6.92 Å². The van der Waals surface area contributed by atoms with Crippen LogP contribution in [0, 0.1) is 17.0 Å². The molecule has 0 spiro atoms. The van der Waals surface area contributed by atoms with Crippen molar-refractivity contribution < 1.29 is 4.92 Å². The fourth-order valence-corrected chi connectivity index (χ4v) is 2.12. The van der Waals surface area contributed by atoms with Crippen LogP contribution in [-0.4, -0.2) is 17.0 Å². The topological polar surface area (TPSA) is 80.1 Å². The van der Waals surface area contributed by atoms with Crippen LogP contribution in [0.5, 0.6) is 0 Å². The van der Waals surface area contributed by atoms with Crippen molar-refractivity contribution in [3.05, 3.63) is 50.0 Å². The summed E-state index contributed by atoms with van der Waals surface area (Å²) in [4.78, 5) is 14.6. The number of anilines is 3. The van der Waals surface area contributed by atoms with Gasteiger partial charge >= 0.3 is 0 Å². The monoisotopic (exact) mass is 326 g/mol. The second-order valence-electron chi connectivity index (χ2n) is 4.31. The molecule has 1 aromatic carbocycles. The Morgan fingerprint density at radius 1 is 1.14 bits per heavy atom. The van der Waals surface area contributed by atoms with E-state index < -0.39 is 4.92 Å². The van der Waals surface area contributed by atoms with E-state index in [-0.39, 0.29) is 5.69 Å². The van der Waals surface area contributed by atoms with Crippen LogP contribution in [0.2, 0.25) is 10.0 Å². The number of hydrogen-bond donors (Lipinski definition) is 2. The molecule has 0 saturated heterocycles. The highest BCUT2D eigenvalue weighted by molar-refractivity contribution is 6.35. The fraction of sp³-hybridized carbons (Fsp3) is 0.154. The van der Waals surface area contributed by atoms with Crippen LogP contribution >= 0.6 is 23.2 Å². The van der Waals surface area contributed by atoms with Crippen molar-refractivity contribution in [3.8, 4) is 0 Å². The standard InChI is InChI=1S/C13H12Cl2N4O2/c1-7-3-10(15)11(6-9(7)14)17-13-5-8(19(20)21)4-12(16-2)18-13/h3-6H,1-2H3,(H2,16,17,18). The Hall–Kier alpha value is -2.05. The van der Waals surface area contributed by atoms with Gasteiger partial charge in [-0.25, -0.2) is 4.98 Å². The molecule has 2 aromatic rings. The van der Waals surface area contributed by atoms with Crippen molar-refractivity contribution in [2.75, 3.05) is 17.7 Å². The number of halogens is 2. The lowest BCUT2D eigenvalue weighted by atomic mass is 10.2. The van der Waals surface area contributed by atoms with Crippen molar-refractivity contribution in [3.63, 3.8) is 0 Å². The van der Waals surface area contributed by atoms with Crippen LogP contribution in [-0.2, 0) is 0 Å². The number of aromatic nitrogens is 1. The number of nitrogens with one attached hydrogen (secondary N) is 2. The van der Waals surface area contributed by atoms with Gasteiger partial charge in [-0.1, -0.05) is 23.2 Å². The maximum atomic E-state index is 10.9. The first-order chi connectivity index (χ1) is 9.90. The Labute approximate surface area is 131 Å². The summed E-state index contributed by atoms with van der Waals surface area (Å²) in [5.41, 5.74) is 1.30. The average Bonchev–Trinajstić information content (AvgIpc) is 2.44. The Bertz CT molecular complexity index is 707. The smallest absolute Gasteiger partial charge is 0.276 e. The summed E-state index contributed by atoms with van der Waals surface area (Å²) in [7, 11) is 1.63. The number of pyridine rings is 1. The molecule has 0 aliphatic rings. The van der Waals surface area contributed by atoms with E-state index in [4.69, 9.17) is 23.2 Å². The molecule has 0 fully saturated rings. The van der Waals surface area contributed by atoms with Gasteiger partial charge in [-0.05, 0) is 24.6 Å². The zero-order chi connectivity index (χ0) is 15.6. The number of nitrogens with zero attached hydrogens (tertiary/aromatic N) is 2. The molecule has 1 aromatic heterocycles. The molecule has 110 valence electrons. The lowest BCUT2D eigenvalue weighted by Crippen LogP contribution is -2.01. The van der Waals surface area contributed by atoms with Gasteiger partial charge in [0.15, 0.2) is 0 Å². The molecule has 6 nitrogen and oxygen atoms in total. The van der Waals surface area contributed by atoms with Crippen molar-refractivity contribution in [1.82, 2.24) is 4.98 Å². The molecule has 8 heteroatoms. The van der Waals surface area contributed by atoms with Gasteiger partial charge in [-0.2, -0.15) is 0 Å². The Kier molecular flexibility index (Phi) is 4.50. The summed E-state index contributed by atoms with van der Waals surface area (Å²) < 4.78 is 0. The van der Waals surface area contributed by atoms with E-state index in [9.17, 15) is 10.1 Å². The van der Waals surface area contributed by atoms with Crippen molar-refractivity contribution in [2.24, 2.45) is 0 Å². The largest absolute Gasteiger partial charge is 0.373 e. The van der Waals surface area contributed by atoms with Crippen molar-refractivity contribution in [1.29, 1.82) is 0 Å². The average molecular weight is 327 g/mol. The number of benzene rings is 1. The van der Waals surface area contributed by atoms with Crippen LogP contribution < -0.4 is 10.6 Å². The number of nitro groups is 1. The van der Waals surface area contributed by atoms with Gasteiger partial charge < -0.3 is 10.6 Å². The van der Waals surface area contributed by atoms with E-state index in [0.717, 1.165) is 5.56 Å². The molecule has 2 rings (SSSR count). The van der Waals surface area contributed by atoms with E-state index >= 15 is 0 Å². The fourth-order valence-electron chi connectivity index (χ4n) is 1.69. The highest BCUT2D eigenvalue weighted by Gasteiger charge is 2.12. The Morgan fingerprint density at radius 3 is 2.43 bits per heavy atom. The van der Waals surface area contributed by atoms with Gasteiger partial charge in [0.1, 0.15) is 11.6 Å². The van der Waals surface area contributed by atoms with Gasteiger partial charge in [0.05, 0.1) is 27.8 Å². The number of aryl methyl sites for hydroxylation is 1. The normalized spacial score (nSPS) is 10.3. The van der Waals surface area contributed by atoms with E-state index in [0.29, 0.717) is 27.4 Å². The highest BCUT2D eigenvalue weighted by Crippen LogP contribution is 2.31. The van der Waals surface area contributed by atoms with Crippen molar-refractivity contribution >= 4 is 46.2 Å². The molecule has 2 N–H and O–H groups in total. The minimum Gasteiger partial charge on any atom is -0.373 e. The minimum absolute atomic E-state index is 0.0776. The summed E-state index contributed by atoms with van der Waals surface area (Å²) in [6.45, 7) is 1.84. The number of hydrogen-bond acceptors (Lipinski definition) is 5. The third-order valence-corrected chi connectivity index (χ3v) is 3.51. The maximum absolute atomic E-state index is 10.9. The van der Waals surface area contributed by atoms with Crippen LogP contribution in [0.3, 0.4) is 0 Å². The minimum atomic E-state index is -0.489. The Balaban J connectivity index is 2.41. The first kappa shape index (κ1) is 15.3. The predicted molar refractivity (Wildman–Crippen MR) is 84.9 cm³/mol. The SMILES string of the molecule is CNc1cc([N+](=O)[O-])cc(Nc2cc(Cl)c(C)cc2Cl)n1. The molecule has 0 aliphatic carbocycles. The quantitative estimate of drug-likeness (QED) is 0.643. The molecule has 21 heavy (non-hydrogen) atoms. The molecule has 0 saturated carbocycles. The van der Waals surface area contributed by atoms with Gasteiger partial charge in [0.25, 0.3) is 5.69 Å². The molecule has 0 aliphatic heterocycles. The van der Waals surface area contributed by atoms with Crippen LogP contribution in [0.15, 0.2) is 24.3 Å². The zero-order valence-corrected chi connectivity index (χ0v) is 12.8. The summed E-state index contributed by atoms with van der Waals surface area (Å²) in [5, 5.41) is 17.6. The lowest BCUT2D eigenvalue weighted by molar-refractivity contribution is -0.384. The van der Waals surface area contributed by atoms with Gasteiger partial charge in [0.2, 0.25) is 0 Å². The highest BCUT2D eigenvalue weighted by atomic mass is 35.5. The van der Waals surface area contributed by atoms with Gasteiger partial charge in [-0.3, -0.25) is 10.1 Å². The van der Waals surface area contributed by atoms with Gasteiger partial charge in [0, 0.05) is 12.1 Å². The number of rotatable bonds is 4. The molecular formula is C13H12Cl2N4O2. The van der Waals surface area contributed by atoms with E-state index in [2.05, 4.69) is 15.6 Å². The summed E-state index contributed by atoms with van der Waals surface area (Å²) in [6, 6.07) is 6.03. The second kappa shape index (κ2) is 6.15. The van der Waals surface area contributed by atoms with Crippen molar-refractivity contribution in [2.45, 2.75) is 6.92 Å². The molecule has 0 atom stereocenters. The van der Waals surface area contributed by atoms with E-state index in [1.165, 1.54) is 12.1 Å². The molecular weight excluding hydrogens is 315 g/mol. The van der Waals surface area contributed by atoms with Crippen LogP contribution in [0.1, 0.15) is 5.56 Å². The summed E-state index contributed by atoms with van der Waals surface area (Å²) >= 11 is 12.2. The first-order valence-corrected chi connectivity index (χ1v) is 6.73. The first-order valence-electron chi connectivity index (χ1n) is 5.97. The maximum Gasteiger partial charge on any atom is 0.276 e. The summed E-state index contributed by atoms with van der Waals surface area (Å²) in [6.07, 6.45) is 0. The molecule has 0 radical (unpaired) electrons. The lowest BCUT2D eigenvalue weighted by Gasteiger charge is -2.11.